The van der Waals surface area contributed by atoms with Crippen molar-refractivity contribution in [2.24, 2.45) is 0 Å². The molecule has 0 aromatic heterocycles. The van der Waals surface area contributed by atoms with Crippen LogP contribution in [-0.4, -0.2) is 60.1 Å². The molecule has 186 valence electrons. The number of rotatable bonds is 7. The van der Waals surface area contributed by atoms with Gasteiger partial charge in [-0.2, -0.15) is 0 Å². The van der Waals surface area contributed by atoms with Gasteiger partial charge in [-0.15, -0.1) is 0 Å². The Bertz CT molecular complexity index is 968. The molecule has 0 aliphatic carbocycles. The summed E-state index contributed by atoms with van der Waals surface area (Å²) in [5.74, 6) is -3.77. The Balaban J connectivity index is 3.88. The van der Waals surface area contributed by atoms with E-state index in [9.17, 15) is 28.8 Å². The molecule has 0 saturated carbocycles. The number of carbonyl (C=O) groups is 6. The smallest absolute Gasteiger partial charge is 0.340 e. The minimum Gasteiger partial charge on any atom is -0.452 e. The lowest BCUT2D eigenvalue weighted by Crippen LogP contribution is -2.38. The fourth-order valence-electron chi connectivity index (χ4n) is 3.15. The van der Waals surface area contributed by atoms with E-state index in [-0.39, 0.29) is 27.6 Å². The third-order valence-electron chi connectivity index (χ3n) is 4.62. The maximum atomic E-state index is 13.1. The van der Waals surface area contributed by atoms with Gasteiger partial charge < -0.3 is 9.64 Å². The molecule has 0 fully saturated rings. The molecule has 0 heterocycles. The van der Waals surface area contributed by atoms with E-state index in [0.717, 1.165) is 9.80 Å². The number of anilines is 2. The Kier molecular flexibility index (Phi) is 11.8. The monoisotopic (exact) mass is 811 g/mol. The SMILES string of the molecule is CCN(CC)C(=O)COC(=O)c1c(I)c(N(C(C)=O)C(C)=O)c(I)c(N(C(C)=O)C(C)=O)c1I. The Morgan fingerprint density at radius 2 is 1.03 bits per heavy atom. The van der Waals surface area contributed by atoms with Crippen LogP contribution in [0.1, 0.15) is 51.9 Å². The summed E-state index contributed by atoms with van der Waals surface area (Å²) in [4.78, 5) is 78.1. The van der Waals surface area contributed by atoms with E-state index in [1.54, 1.807) is 13.8 Å². The summed E-state index contributed by atoms with van der Waals surface area (Å²) < 4.78 is 5.92. The summed E-state index contributed by atoms with van der Waals surface area (Å²) >= 11 is 5.45. The van der Waals surface area contributed by atoms with Crippen molar-refractivity contribution in [1.82, 2.24) is 4.90 Å². The van der Waals surface area contributed by atoms with Crippen LogP contribution in [0.2, 0.25) is 0 Å². The number of amides is 5. The molecule has 1 aromatic carbocycles. The fraction of sp³-hybridized carbons (Fsp3) is 0.429. The highest BCUT2D eigenvalue weighted by Crippen LogP contribution is 2.43. The van der Waals surface area contributed by atoms with Crippen molar-refractivity contribution in [3.63, 3.8) is 0 Å². The van der Waals surface area contributed by atoms with E-state index < -0.39 is 42.1 Å². The second-order valence-corrected chi connectivity index (χ2v) is 10.1. The zero-order valence-electron chi connectivity index (χ0n) is 19.5. The first kappa shape index (κ1) is 30.7. The Labute approximate surface area is 238 Å². The van der Waals surface area contributed by atoms with Gasteiger partial charge >= 0.3 is 5.97 Å². The normalized spacial score (nSPS) is 10.4. The van der Waals surface area contributed by atoms with E-state index in [1.165, 1.54) is 32.6 Å². The number of hydrogen-bond donors (Lipinski definition) is 0. The molecule has 13 heteroatoms. The Hall–Kier alpha value is -1.37. The second-order valence-electron chi connectivity index (χ2n) is 6.90. The molecule has 0 spiro atoms. The summed E-state index contributed by atoms with van der Waals surface area (Å²) in [6, 6.07) is 0. The number of carbonyl (C=O) groups excluding carboxylic acids is 6. The van der Waals surface area contributed by atoms with Crippen LogP contribution in [0.25, 0.3) is 0 Å². The second kappa shape index (κ2) is 13.1. The number of ether oxygens (including phenoxy) is 1. The largest absolute Gasteiger partial charge is 0.452 e. The minimum absolute atomic E-state index is 0.0473. The molecule has 10 nitrogen and oxygen atoms in total. The average Bonchev–Trinajstić information content (AvgIpc) is 2.72. The maximum absolute atomic E-state index is 13.1. The summed E-state index contributed by atoms with van der Waals surface area (Å²) in [7, 11) is 0. The number of likely N-dealkylation sites (N-methyl/N-ethyl adjacent to an activating group) is 1. The lowest BCUT2D eigenvalue weighted by atomic mass is 10.1. The van der Waals surface area contributed by atoms with Crippen LogP contribution in [0, 0.1) is 10.7 Å². The van der Waals surface area contributed by atoms with E-state index >= 15 is 0 Å². The lowest BCUT2D eigenvalue weighted by molar-refractivity contribution is -0.134. The van der Waals surface area contributed by atoms with Crippen molar-refractivity contribution in [1.29, 1.82) is 0 Å². The zero-order chi connectivity index (χ0) is 26.5. The molecule has 0 atom stereocenters. The molecule has 0 radical (unpaired) electrons. The molecule has 1 rings (SSSR count). The van der Waals surface area contributed by atoms with Crippen molar-refractivity contribution >= 4 is 115 Å². The summed E-state index contributed by atoms with van der Waals surface area (Å²) in [6.07, 6.45) is 0. The average molecular weight is 811 g/mol. The standard InChI is InChI=1S/C21H24I3N3O7/c1-7-25(8-2)14(32)9-34-21(33)15-16(22)19(26(10(3)28)11(4)29)18(24)20(17(15)23)27(12(5)30)13(6)31/h7-9H2,1-6H3. The van der Waals surface area contributed by atoms with Gasteiger partial charge in [0.05, 0.1) is 27.6 Å². The van der Waals surface area contributed by atoms with Gasteiger partial charge in [0.15, 0.2) is 6.61 Å². The Morgan fingerprint density at radius 3 is 1.32 bits per heavy atom. The van der Waals surface area contributed by atoms with Crippen molar-refractivity contribution in [3.05, 3.63) is 16.3 Å². The molecular weight excluding hydrogens is 787 g/mol. The van der Waals surface area contributed by atoms with E-state index in [0.29, 0.717) is 13.1 Å². The molecule has 0 aliphatic heterocycles. The molecule has 0 bridgehead atoms. The van der Waals surface area contributed by atoms with Gasteiger partial charge in [-0.3, -0.25) is 24.0 Å². The van der Waals surface area contributed by atoms with Crippen LogP contribution in [0.5, 0.6) is 0 Å². The number of halogens is 3. The molecule has 0 aliphatic rings. The number of nitrogens with zero attached hydrogens (tertiary/aromatic N) is 3. The molecule has 34 heavy (non-hydrogen) atoms. The van der Waals surface area contributed by atoms with E-state index in [4.69, 9.17) is 4.74 Å². The number of hydrogen-bond acceptors (Lipinski definition) is 7. The van der Waals surface area contributed by atoms with Crippen LogP contribution in [-0.2, 0) is 28.7 Å². The lowest BCUT2D eigenvalue weighted by Gasteiger charge is -2.28. The minimum atomic E-state index is -0.896. The highest BCUT2D eigenvalue weighted by atomic mass is 127. The molecule has 0 N–H and O–H groups in total. The molecule has 1 aromatic rings. The highest BCUT2D eigenvalue weighted by molar-refractivity contribution is 14.1. The van der Waals surface area contributed by atoms with Crippen LogP contribution < -0.4 is 9.80 Å². The maximum Gasteiger partial charge on any atom is 0.340 e. The summed E-state index contributed by atoms with van der Waals surface area (Å²) in [5.41, 5.74) is 0.0243. The fourth-order valence-corrected chi connectivity index (χ4v) is 7.72. The predicted molar refractivity (Wildman–Crippen MR) is 150 cm³/mol. The van der Waals surface area contributed by atoms with Gasteiger partial charge in [0.25, 0.3) is 5.91 Å². The van der Waals surface area contributed by atoms with Gasteiger partial charge in [0, 0.05) is 40.8 Å². The van der Waals surface area contributed by atoms with Crippen molar-refractivity contribution in [2.45, 2.75) is 41.5 Å². The molecule has 0 saturated heterocycles. The van der Waals surface area contributed by atoms with Crippen LogP contribution in [0.15, 0.2) is 0 Å². The molecular formula is C21H24I3N3O7. The molecule has 0 unspecified atom stereocenters. The van der Waals surface area contributed by atoms with Crippen molar-refractivity contribution in [2.75, 3.05) is 29.5 Å². The number of benzene rings is 1. The van der Waals surface area contributed by atoms with Crippen LogP contribution in [0.4, 0.5) is 11.4 Å². The Morgan fingerprint density at radius 1 is 0.676 bits per heavy atom. The topological polar surface area (TPSA) is 121 Å². The first-order valence-corrected chi connectivity index (χ1v) is 13.2. The molecule has 5 amide bonds. The van der Waals surface area contributed by atoms with Gasteiger partial charge in [-0.1, -0.05) is 0 Å². The van der Waals surface area contributed by atoms with Crippen molar-refractivity contribution in [3.8, 4) is 0 Å². The first-order chi connectivity index (χ1) is 15.7. The third kappa shape index (κ3) is 6.64. The van der Waals surface area contributed by atoms with Gasteiger partial charge in [0.2, 0.25) is 23.6 Å². The van der Waals surface area contributed by atoms with Gasteiger partial charge in [-0.25, -0.2) is 14.6 Å². The first-order valence-electron chi connectivity index (χ1n) is 10.00. The summed E-state index contributed by atoms with van der Waals surface area (Å²) in [6.45, 7) is 8.68. The van der Waals surface area contributed by atoms with Crippen molar-refractivity contribution < 1.29 is 33.5 Å². The highest BCUT2D eigenvalue weighted by Gasteiger charge is 2.35. The van der Waals surface area contributed by atoms with Gasteiger partial charge in [0.1, 0.15) is 0 Å². The number of imide groups is 2. The summed E-state index contributed by atoms with van der Waals surface area (Å²) in [5, 5.41) is 0. The van der Waals surface area contributed by atoms with Gasteiger partial charge in [-0.05, 0) is 81.6 Å². The predicted octanol–water partition coefficient (Wildman–Crippen LogP) is 3.32. The van der Waals surface area contributed by atoms with E-state index in [2.05, 4.69) is 0 Å². The van der Waals surface area contributed by atoms with E-state index in [1.807, 2.05) is 67.8 Å². The van der Waals surface area contributed by atoms with Crippen LogP contribution in [0.3, 0.4) is 0 Å². The van der Waals surface area contributed by atoms with Crippen LogP contribution >= 0.6 is 67.8 Å². The number of esters is 1. The quantitative estimate of drug-likeness (QED) is 0.306. The zero-order valence-corrected chi connectivity index (χ0v) is 25.9. The third-order valence-corrected chi connectivity index (χ3v) is 7.75.